The molecular formula is C13H20N2O2S. The van der Waals surface area contributed by atoms with Crippen LogP contribution in [0.2, 0.25) is 0 Å². The standard InChI is InChI=1S/C13H20N2O2S/c1-10-6-7-12(15-9-11-4-3-5-11)8-13(10)18(16,17)14-2/h6-8,11,14-15H,3-5,9H2,1-2H3. The van der Waals surface area contributed by atoms with Gasteiger partial charge in [0.05, 0.1) is 4.90 Å². The molecule has 1 aromatic carbocycles. The summed E-state index contributed by atoms with van der Waals surface area (Å²) in [4.78, 5) is 0.351. The molecule has 0 unspecified atom stereocenters. The van der Waals surface area contributed by atoms with E-state index in [1.807, 2.05) is 12.1 Å². The highest BCUT2D eigenvalue weighted by molar-refractivity contribution is 7.89. The lowest BCUT2D eigenvalue weighted by atomic mass is 9.85. The van der Waals surface area contributed by atoms with Crippen LogP contribution in [-0.4, -0.2) is 22.0 Å². The zero-order valence-corrected chi connectivity index (χ0v) is 11.7. The Morgan fingerprint density at radius 3 is 2.61 bits per heavy atom. The molecule has 0 atom stereocenters. The molecule has 0 radical (unpaired) electrons. The maximum atomic E-state index is 11.8. The summed E-state index contributed by atoms with van der Waals surface area (Å²) in [6.07, 6.45) is 3.88. The van der Waals surface area contributed by atoms with Crippen LogP contribution in [0.15, 0.2) is 23.1 Å². The molecule has 5 heteroatoms. The summed E-state index contributed by atoms with van der Waals surface area (Å²) in [6.45, 7) is 2.74. The summed E-state index contributed by atoms with van der Waals surface area (Å²) in [5.74, 6) is 0.746. The fourth-order valence-corrected chi connectivity index (χ4v) is 3.06. The molecule has 0 spiro atoms. The second-order valence-corrected chi connectivity index (χ2v) is 6.72. The van der Waals surface area contributed by atoms with E-state index in [1.165, 1.54) is 26.3 Å². The van der Waals surface area contributed by atoms with Crippen molar-refractivity contribution in [3.8, 4) is 0 Å². The lowest BCUT2D eigenvalue weighted by Crippen LogP contribution is -2.22. The highest BCUT2D eigenvalue weighted by Gasteiger charge is 2.18. The largest absolute Gasteiger partial charge is 0.385 e. The first-order chi connectivity index (χ1) is 8.53. The highest BCUT2D eigenvalue weighted by atomic mass is 32.2. The van der Waals surface area contributed by atoms with E-state index in [1.54, 1.807) is 13.0 Å². The van der Waals surface area contributed by atoms with Crippen LogP contribution in [0.5, 0.6) is 0 Å². The van der Waals surface area contributed by atoms with Crippen molar-refractivity contribution in [2.75, 3.05) is 18.9 Å². The van der Waals surface area contributed by atoms with Gasteiger partial charge in [-0.05, 0) is 50.4 Å². The van der Waals surface area contributed by atoms with Gasteiger partial charge in [0, 0.05) is 12.2 Å². The van der Waals surface area contributed by atoms with Crippen molar-refractivity contribution in [2.45, 2.75) is 31.1 Å². The second-order valence-electron chi connectivity index (χ2n) is 4.87. The smallest absolute Gasteiger partial charge is 0.240 e. The summed E-state index contributed by atoms with van der Waals surface area (Å²) >= 11 is 0. The summed E-state index contributed by atoms with van der Waals surface area (Å²) in [6, 6.07) is 5.48. The summed E-state index contributed by atoms with van der Waals surface area (Å²) in [5.41, 5.74) is 1.64. The Bertz CT molecular complexity index is 522. The van der Waals surface area contributed by atoms with Crippen LogP contribution in [0.1, 0.15) is 24.8 Å². The molecule has 0 bridgehead atoms. The Morgan fingerprint density at radius 2 is 2.06 bits per heavy atom. The Hall–Kier alpha value is -1.07. The van der Waals surface area contributed by atoms with Gasteiger partial charge in [-0.25, -0.2) is 13.1 Å². The van der Waals surface area contributed by atoms with E-state index in [-0.39, 0.29) is 0 Å². The van der Waals surface area contributed by atoms with Gasteiger partial charge < -0.3 is 5.32 Å². The zero-order valence-electron chi connectivity index (χ0n) is 10.9. The van der Waals surface area contributed by atoms with Crippen molar-refractivity contribution in [3.05, 3.63) is 23.8 Å². The van der Waals surface area contributed by atoms with Gasteiger partial charge in [-0.1, -0.05) is 12.5 Å². The van der Waals surface area contributed by atoms with Crippen LogP contribution >= 0.6 is 0 Å². The fraction of sp³-hybridized carbons (Fsp3) is 0.538. The molecule has 18 heavy (non-hydrogen) atoms. The number of nitrogens with one attached hydrogen (secondary N) is 2. The average molecular weight is 268 g/mol. The van der Waals surface area contributed by atoms with Crippen molar-refractivity contribution in [3.63, 3.8) is 0 Å². The van der Waals surface area contributed by atoms with Gasteiger partial charge in [-0.15, -0.1) is 0 Å². The summed E-state index contributed by atoms with van der Waals surface area (Å²) < 4.78 is 26.0. The number of aryl methyl sites for hydroxylation is 1. The normalized spacial score (nSPS) is 16.3. The molecule has 100 valence electrons. The molecule has 4 nitrogen and oxygen atoms in total. The maximum absolute atomic E-state index is 11.8. The molecule has 0 aliphatic heterocycles. The molecule has 1 fully saturated rings. The third kappa shape index (κ3) is 2.84. The minimum atomic E-state index is -3.37. The van der Waals surface area contributed by atoms with E-state index in [4.69, 9.17) is 0 Å². The quantitative estimate of drug-likeness (QED) is 0.860. The first kappa shape index (κ1) is 13.4. The second kappa shape index (κ2) is 5.28. The van der Waals surface area contributed by atoms with Crippen molar-refractivity contribution in [2.24, 2.45) is 5.92 Å². The molecule has 1 aliphatic carbocycles. The molecule has 0 amide bonds. The molecule has 0 saturated heterocycles. The third-order valence-electron chi connectivity index (χ3n) is 3.57. The molecule has 0 heterocycles. The van der Waals surface area contributed by atoms with E-state index >= 15 is 0 Å². The van der Waals surface area contributed by atoms with Gasteiger partial charge in [0.25, 0.3) is 0 Å². The maximum Gasteiger partial charge on any atom is 0.240 e. The van der Waals surface area contributed by atoms with Gasteiger partial charge in [0.1, 0.15) is 0 Å². The van der Waals surface area contributed by atoms with Gasteiger partial charge in [-0.3, -0.25) is 0 Å². The van der Waals surface area contributed by atoms with Crippen LogP contribution in [-0.2, 0) is 10.0 Å². The monoisotopic (exact) mass is 268 g/mol. The molecule has 1 saturated carbocycles. The number of hydrogen-bond donors (Lipinski definition) is 2. The fourth-order valence-electron chi connectivity index (χ4n) is 2.07. The van der Waals surface area contributed by atoms with Crippen LogP contribution < -0.4 is 10.0 Å². The van der Waals surface area contributed by atoms with Crippen molar-refractivity contribution < 1.29 is 8.42 Å². The van der Waals surface area contributed by atoms with E-state index < -0.39 is 10.0 Å². The number of rotatable bonds is 5. The molecule has 2 rings (SSSR count). The topological polar surface area (TPSA) is 58.2 Å². The Morgan fingerprint density at radius 1 is 1.33 bits per heavy atom. The van der Waals surface area contributed by atoms with E-state index in [0.29, 0.717) is 4.90 Å². The van der Waals surface area contributed by atoms with Crippen LogP contribution in [0.4, 0.5) is 5.69 Å². The number of anilines is 1. The highest BCUT2D eigenvalue weighted by Crippen LogP contribution is 2.27. The van der Waals surface area contributed by atoms with Gasteiger partial charge in [-0.2, -0.15) is 0 Å². The number of benzene rings is 1. The molecule has 2 N–H and O–H groups in total. The van der Waals surface area contributed by atoms with Crippen LogP contribution in [0, 0.1) is 12.8 Å². The van der Waals surface area contributed by atoms with E-state index in [9.17, 15) is 8.42 Å². The predicted molar refractivity (Wildman–Crippen MR) is 73.3 cm³/mol. The summed E-state index contributed by atoms with van der Waals surface area (Å²) in [7, 11) is -1.94. The Labute approximate surface area is 109 Å². The first-order valence-electron chi connectivity index (χ1n) is 6.31. The zero-order chi connectivity index (χ0) is 13.2. The van der Waals surface area contributed by atoms with Crippen LogP contribution in [0.3, 0.4) is 0 Å². The summed E-state index contributed by atoms with van der Waals surface area (Å²) in [5, 5.41) is 3.32. The van der Waals surface area contributed by atoms with Crippen LogP contribution in [0.25, 0.3) is 0 Å². The van der Waals surface area contributed by atoms with Gasteiger partial charge >= 0.3 is 0 Å². The van der Waals surface area contributed by atoms with E-state index in [2.05, 4.69) is 10.0 Å². The molecule has 1 aromatic rings. The van der Waals surface area contributed by atoms with Gasteiger partial charge in [0.15, 0.2) is 0 Å². The first-order valence-corrected chi connectivity index (χ1v) is 7.79. The number of hydrogen-bond acceptors (Lipinski definition) is 3. The van der Waals surface area contributed by atoms with E-state index in [0.717, 1.165) is 23.7 Å². The van der Waals surface area contributed by atoms with Crippen molar-refractivity contribution in [1.29, 1.82) is 0 Å². The molecule has 1 aliphatic rings. The minimum absolute atomic E-state index is 0.351. The minimum Gasteiger partial charge on any atom is -0.385 e. The Kier molecular flexibility index (Phi) is 3.92. The lowest BCUT2D eigenvalue weighted by Gasteiger charge is -2.26. The lowest BCUT2D eigenvalue weighted by molar-refractivity contribution is 0.333. The number of sulfonamides is 1. The van der Waals surface area contributed by atoms with Gasteiger partial charge in [0.2, 0.25) is 10.0 Å². The molecular weight excluding hydrogens is 248 g/mol. The Balaban J connectivity index is 2.15. The molecule has 0 aromatic heterocycles. The van der Waals surface area contributed by atoms with Crippen molar-refractivity contribution >= 4 is 15.7 Å². The third-order valence-corrected chi connectivity index (χ3v) is 5.12. The SMILES string of the molecule is CNS(=O)(=O)c1cc(NCC2CCC2)ccc1C. The predicted octanol–water partition coefficient (Wildman–Crippen LogP) is 2.12. The van der Waals surface area contributed by atoms with Crippen molar-refractivity contribution in [1.82, 2.24) is 4.72 Å². The average Bonchev–Trinajstić information content (AvgIpc) is 2.29.